The normalized spacial score (nSPS) is 17.7. The average molecular weight is 360 g/mol. The van der Waals surface area contributed by atoms with Crippen molar-refractivity contribution in [3.63, 3.8) is 0 Å². The molecular formula is C15H19Cl2N3O3. The first kappa shape index (κ1) is 18.0. The van der Waals surface area contributed by atoms with Gasteiger partial charge in [0.2, 0.25) is 5.91 Å². The topological polar surface area (TPSA) is 72.9 Å². The van der Waals surface area contributed by atoms with Gasteiger partial charge in [-0.3, -0.25) is 14.5 Å². The highest BCUT2D eigenvalue weighted by atomic mass is 35.5. The quantitative estimate of drug-likeness (QED) is 0.841. The molecule has 0 spiro atoms. The van der Waals surface area contributed by atoms with E-state index in [1.165, 1.54) is 0 Å². The smallest absolute Gasteiger partial charge is 0.321 e. The number of carbonyl (C=O) groups is 2. The minimum atomic E-state index is -0.998. The van der Waals surface area contributed by atoms with Crippen molar-refractivity contribution in [2.75, 3.05) is 38.5 Å². The van der Waals surface area contributed by atoms with Crippen LogP contribution in [0.15, 0.2) is 18.2 Å². The number of amides is 1. The Hall–Kier alpha value is -1.34. The largest absolute Gasteiger partial charge is 0.480 e. The summed E-state index contributed by atoms with van der Waals surface area (Å²) in [4.78, 5) is 27.6. The monoisotopic (exact) mass is 359 g/mol. The van der Waals surface area contributed by atoms with Crippen LogP contribution >= 0.6 is 23.2 Å². The molecule has 1 aromatic carbocycles. The summed E-state index contributed by atoms with van der Waals surface area (Å²) in [6, 6.07) is 4.06. The zero-order valence-electron chi connectivity index (χ0n) is 12.8. The van der Waals surface area contributed by atoms with Crippen molar-refractivity contribution in [1.29, 1.82) is 0 Å². The van der Waals surface area contributed by atoms with Crippen molar-refractivity contribution in [3.05, 3.63) is 28.2 Å². The van der Waals surface area contributed by atoms with Crippen LogP contribution < -0.4 is 5.32 Å². The maximum atomic E-state index is 12.2. The molecule has 1 aliphatic rings. The molecule has 1 fully saturated rings. The number of nitrogens with zero attached hydrogens (tertiary/aromatic N) is 2. The second-order valence-electron chi connectivity index (χ2n) is 5.55. The van der Waals surface area contributed by atoms with Crippen LogP contribution in [0.5, 0.6) is 0 Å². The Balaban J connectivity index is 2.01. The molecule has 0 radical (unpaired) electrons. The fourth-order valence-electron chi connectivity index (χ4n) is 2.48. The number of aliphatic carboxylic acids is 1. The maximum Gasteiger partial charge on any atom is 0.321 e. The van der Waals surface area contributed by atoms with Crippen LogP contribution in [0.3, 0.4) is 0 Å². The third-order valence-electron chi connectivity index (χ3n) is 3.87. The summed E-state index contributed by atoms with van der Waals surface area (Å²) in [7, 11) is 1.99. The summed E-state index contributed by atoms with van der Waals surface area (Å²) in [6.45, 7) is 2.81. The first-order valence-corrected chi connectivity index (χ1v) is 8.03. The molecule has 2 rings (SSSR count). The number of likely N-dealkylation sites (N-methyl/N-ethyl adjacent to an activating group) is 1. The van der Waals surface area contributed by atoms with Crippen LogP contribution in [-0.2, 0) is 9.59 Å². The lowest BCUT2D eigenvalue weighted by Gasteiger charge is -2.35. The summed E-state index contributed by atoms with van der Waals surface area (Å²) < 4.78 is 0. The van der Waals surface area contributed by atoms with Gasteiger partial charge in [-0.05, 0) is 19.2 Å². The Bertz CT molecular complexity index is 589. The van der Waals surface area contributed by atoms with Crippen LogP contribution in [0, 0.1) is 0 Å². The Morgan fingerprint density at radius 3 is 2.52 bits per heavy atom. The van der Waals surface area contributed by atoms with E-state index in [9.17, 15) is 14.7 Å². The van der Waals surface area contributed by atoms with E-state index in [2.05, 4.69) is 10.2 Å². The molecule has 1 aliphatic heterocycles. The van der Waals surface area contributed by atoms with Gasteiger partial charge in [-0.15, -0.1) is 0 Å². The SMILES string of the molecule is CN1CCN([C@@H](CC(=O)Nc2cccc(Cl)c2Cl)C(=O)O)CC1. The Morgan fingerprint density at radius 1 is 1.26 bits per heavy atom. The molecule has 0 aliphatic carbocycles. The molecule has 1 atom stereocenters. The first-order valence-electron chi connectivity index (χ1n) is 7.27. The van der Waals surface area contributed by atoms with Crippen molar-refractivity contribution in [2.45, 2.75) is 12.5 Å². The van der Waals surface area contributed by atoms with E-state index in [0.29, 0.717) is 23.8 Å². The number of carboxylic acids is 1. The Morgan fingerprint density at radius 2 is 1.91 bits per heavy atom. The maximum absolute atomic E-state index is 12.2. The standard InChI is InChI=1S/C15H19Cl2N3O3/c1-19-5-7-20(8-6-19)12(15(22)23)9-13(21)18-11-4-2-3-10(16)14(11)17/h2-4,12H,5-9H2,1H3,(H,18,21)(H,22,23)/t12-/m0/s1. The lowest BCUT2D eigenvalue weighted by Crippen LogP contribution is -2.52. The molecule has 0 aromatic heterocycles. The van der Waals surface area contributed by atoms with Crippen molar-refractivity contribution in [2.24, 2.45) is 0 Å². The Labute approximate surface area is 145 Å². The zero-order valence-corrected chi connectivity index (χ0v) is 14.3. The molecule has 1 saturated heterocycles. The van der Waals surface area contributed by atoms with Crippen molar-refractivity contribution < 1.29 is 14.7 Å². The van der Waals surface area contributed by atoms with E-state index in [-0.39, 0.29) is 11.4 Å². The number of hydrogen-bond acceptors (Lipinski definition) is 4. The van der Waals surface area contributed by atoms with Gasteiger partial charge in [0, 0.05) is 26.2 Å². The van der Waals surface area contributed by atoms with Gasteiger partial charge in [0.15, 0.2) is 0 Å². The highest BCUT2D eigenvalue weighted by molar-refractivity contribution is 6.43. The van der Waals surface area contributed by atoms with E-state index in [1.54, 1.807) is 18.2 Å². The number of hydrogen-bond donors (Lipinski definition) is 2. The number of nitrogens with one attached hydrogen (secondary N) is 1. The lowest BCUT2D eigenvalue weighted by atomic mass is 10.1. The number of benzene rings is 1. The molecule has 1 aromatic rings. The third-order valence-corrected chi connectivity index (χ3v) is 4.69. The number of carbonyl (C=O) groups excluding carboxylic acids is 1. The molecule has 0 bridgehead atoms. The zero-order chi connectivity index (χ0) is 17.0. The minimum absolute atomic E-state index is 0.137. The number of rotatable bonds is 5. The number of halogens is 2. The van der Waals surface area contributed by atoms with Gasteiger partial charge in [-0.25, -0.2) is 0 Å². The number of carboxylic acid groups (broad SMARTS) is 1. The predicted octanol–water partition coefficient (Wildman–Crippen LogP) is 2.02. The molecule has 2 N–H and O–H groups in total. The first-order chi connectivity index (χ1) is 10.9. The highest BCUT2D eigenvalue weighted by Gasteiger charge is 2.30. The van der Waals surface area contributed by atoms with Gasteiger partial charge in [0.25, 0.3) is 0 Å². The van der Waals surface area contributed by atoms with E-state index < -0.39 is 17.9 Å². The second-order valence-corrected chi connectivity index (χ2v) is 6.33. The predicted molar refractivity (Wildman–Crippen MR) is 90.2 cm³/mol. The minimum Gasteiger partial charge on any atom is -0.480 e. The van der Waals surface area contributed by atoms with Gasteiger partial charge in [0.1, 0.15) is 6.04 Å². The van der Waals surface area contributed by atoms with Gasteiger partial charge in [-0.1, -0.05) is 29.3 Å². The van der Waals surface area contributed by atoms with E-state index in [4.69, 9.17) is 23.2 Å². The van der Waals surface area contributed by atoms with Gasteiger partial charge < -0.3 is 15.3 Å². The van der Waals surface area contributed by atoms with E-state index in [0.717, 1.165) is 13.1 Å². The Kier molecular flexibility index (Phi) is 6.24. The van der Waals surface area contributed by atoms with Crippen LogP contribution in [0.2, 0.25) is 10.0 Å². The summed E-state index contributed by atoms with van der Waals surface area (Å²) in [6.07, 6.45) is -0.137. The van der Waals surface area contributed by atoms with Crippen LogP contribution in [0.25, 0.3) is 0 Å². The van der Waals surface area contributed by atoms with Gasteiger partial charge >= 0.3 is 5.97 Å². The van der Waals surface area contributed by atoms with Crippen molar-refractivity contribution in [3.8, 4) is 0 Å². The van der Waals surface area contributed by atoms with Crippen LogP contribution in [0.1, 0.15) is 6.42 Å². The lowest BCUT2D eigenvalue weighted by molar-refractivity contribution is -0.145. The molecule has 1 heterocycles. The second kappa shape index (κ2) is 7.97. The van der Waals surface area contributed by atoms with Crippen LogP contribution in [0.4, 0.5) is 5.69 Å². The van der Waals surface area contributed by atoms with E-state index in [1.807, 2.05) is 11.9 Å². The fourth-order valence-corrected chi connectivity index (χ4v) is 2.83. The molecular weight excluding hydrogens is 341 g/mol. The summed E-state index contributed by atoms with van der Waals surface area (Å²) in [5, 5.41) is 12.6. The van der Waals surface area contributed by atoms with Gasteiger partial charge in [0.05, 0.1) is 22.2 Å². The molecule has 23 heavy (non-hydrogen) atoms. The third kappa shape index (κ3) is 4.81. The summed E-state index contributed by atoms with van der Waals surface area (Å²) in [5.41, 5.74) is 0.381. The molecule has 0 unspecified atom stereocenters. The summed E-state index contributed by atoms with van der Waals surface area (Å²) >= 11 is 11.9. The van der Waals surface area contributed by atoms with Gasteiger partial charge in [-0.2, -0.15) is 0 Å². The highest BCUT2D eigenvalue weighted by Crippen LogP contribution is 2.29. The molecule has 6 nitrogen and oxygen atoms in total. The van der Waals surface area contributed by atoms with Crippen molar-refractivity contribution in [1.82, 2.24) is 9.80 Å². The fraction of sp³-hybridized carbons (Fsp3) is 0.467. The average Bonchev–Trinajstić information content (AvgIpc) is 2.50. The van der Waals surface area contributed by atoms with Crippen molar-refractivity contribution >= 4 is 40.8 Å². The molecule has 1 amide bonds. The molecule has 0 saturated carbocycles. The van der Waals surface area contributed by atoms with E-state index >= 15 is 0 Å². The summed E-state index contributed by atoms with van der Waals surface area (Å²) in [5.74, 6) is -1.40. The molecule has 126 valence electrons. The van der Waals surface area contributed by atoms with Crippen LogP contribution in [-0.4, -0.2) is 66.1 Å². The number of anilines is 1. The number of piperazine rings is 1. The molecule has 8 heteroatoms.